The van der Waals surface area contributed by atoms with Crippen molar-refractivity contribution < 1.29 is 14.6 Å². The predicted octanol–water partition coefficient (Wildman–Crippen LogP) is 2.55. The van der Waals surface area contributed by atoms with Gasteiger partial charge in [0, 0.05) is 18.3 Å². The number of rotatable bonds is 6. The summed E-state index contributed by atoms with van der Waals surface area (Å²) in [6, 6.07) is 14.6. The number of methoxy groups -OCH3 is 1. The van der Waals surface area contributed by atoms with Crippen molar-refractivity contribution in [2.75, 3.05) is 19.0 Å². The Labute approximate surface area is 129 Å². The molecule has 0 aliphatic carbocycles. The van der Waals surface area contributed by atoms with E-state index in [0.29, 0.717) is 18.0 Å². The van der Waals surface area contributed by atoms with Crippen molar-refractivity contribution >= 4 is 11.7 Å². The third-order valence-corrected chi connectivity index (χ3v) is 3.23. The number of hydrogen-bond acceptors (Lipinski definition) is 3. The molecule has 0 atom stereocenters. The second-order valence-corrected chi connectivity index (χ2v) is 4.84. The third kappa shape index (κ3) is 4.79. The number of amides is 2. The summed E-state index contributed by atoms with van der Waals surface area (Å²) >= 11 is 0. The van der Waals surface area contributed by atoms with Crippen molar-refractivity contribution in [1.29, 1.82) is 0 Å². The lowest BCUT2D eigenvalue weighted by molar-refractivity contribution is 0.252. The number of hydrogen-bond donors (Lipinski definition) is 3. The zero-order chi connectivity index (χ0) is 15.8. The van der Waals surface area contributed by atoms with Gasteiger partial charge in [-0.1, -0.05) is 30.3 Å². The van der Waals surface area contributed by atoms with Crippen molar-refractivity contribution in [1.82, 2.24) is 5.32 Å². The van der Waals surface area contributed by atoms with Crippen LogP contribution >= 0.6 is 0 Å². The van der Waals surface area contributed by atoms with E-state index in [1.807, 2.05) is 36.4 Å². The molecule has 0 saturated heterocycles. The predicted molar refractivity (Wildman–Crippen MR) is 86.1 cm³/mol. The Kier molecular flexibility index (Phi) is 5.80. The van der Waals surface area contributed by atoms with Crippen LogP contribution in [0.4, 0.5) is 10.5 Å². The summed E-state index contributed by atoms with van der Waals surface area (Å²) in [5, 5.41) is 14.5. The molecule has 3 N–H and O–H groups in total. The maximum absolute atomic E-state index is 11.8. The first-order valence-corrected chi connectivity index (χ1v) is 7.09. The minimum atomic E-state index is -0.250. The normalized spacial score (nSPS) is 10.1. The van der Waals surface area contributed by atoms with E-state index in [1.54, 1.807) is 19.2 Å². The van der Waals surface area contributed by atoms with Crippen LogP contribution in [0.25, 0.3) is 0 Å². The van der Waals surface area contributed by atoms with Gasteiger partial charge in [-0.05, 0) is 29.7 Å². The van der Waals surface area contributed by atoms with Crippen LogP contribution in [0, 0.1) is 0 Å². The second kappa shape index (κ2) is 8.05. The van der Waals surface area contributed by atoms with Gasteiger partial charge in [0.25, 0.3) is 0 Å². The Balaban J connectivity index is 1.77. The molecule has 0 radical (unpaired) electrons. The molecule has 2 amide bonds. The maximum atomic E-state index is 11.8. The van der Waals surface area contributed by atoms with E-state index in [1.165, 1.54) is 0 Å². The number of anilines is 1. The fourth-order valence-corrected chi connectivity index (χ4v) is 2.01. The number of ether oxygens (including phenoxy) is 1. The number of aliphatic hydroxyl groups is 1. The first kappa shape index (κ1) is 15.9. The molecule has 5 nitrogen and oxygen atoms in total. The fourth-order valence-electron chi connectivity index (χ4n) is 2.01. The van der Waals surface area contributed by atoms with E-state index in [-0.39, 0.29) is 12.6 Å². The zero-order valence-corrected chi connectivity index (χ0v) is 12.5. The lowest BCUT2D eigenvalue weighted by Crippen LogP contribution is -2.30. The van der Waals surface area contributed by atoms with Crippen LogP contribution in [0.2, 0.25) is 0 Å². The molecule has 0 aromatic heterocycles. The number of nitrogens with one attached hydrogen (secondary N) is 2. The average Bonchev–Trinajstić information content (AvgIpc) is 2.55. The monoisotopic (exact) mass is 300 g/mol. The molecule has 2 rings (SSSR count). The molecule has 5 heteroatoms. The van der Waals surface area contributed by atoms with E-state index in [4.69, 9.17) is 9.84 Å². The SMILES string of the molecule is COc1cccc(NC(=O)NCCc2ccc(CO)cc2)c1. The number of aliphatic hydroxyl groups excluding tert-OH is 1. The van der Waals surface area contributed by atoms with Crippen LogP contribution < -0.4 is 15.4 Å². The van der Waals surface area contributed by atoms with Crippen molar-refractivity contribution in [3.63, 3.8) is 0 Å². The maximum Gasteiger partial charge on any atom is 0.319 e. The van der Waals surface area contributed by atoms with Crippen LogP contribution in [0.1, 0.15) is 11.1 Å². The lowest BCUT2D eigenvalue weighted by atomic mass is 10.1. The summed E-state index contributed by atoms with van der Waals surface area (Å²) < 4.78 is 5.10. The highest BCUT2D eigenvalue weighted by Crippen LogP contribution is 2.16. The first-order chi connectivity index (χ1) is 10.7. The Morgan fingerprint density at radius 2 is 1.86 bits per heavy atom. The molecule has 2 aromatic rings. The third-order valence-electron chi connectivity index (χ3n) is 3.23. The Morgan fingerprint density at radius 1 is 1.14 bits per heavy atom. The van der Waals surface area contributed by atoms with Gasteiger partial charge in [0.15, 0.2) is 0 Å². The van der Waals surface area contributed by atoms with Gasteiger partial charge in [0.05, 0.1) is 13.7 Å². The van der Waals surface area contributed by atoms with Crippen LogP contribution in [-0.2, 0) is 13.0 Å². The van der Waals surface area contributed by atoms with Crippen LogP contribution in [0.15, 0.2) is 48.5 Å². The molecule has 2 aromatic carbocycles. The van der Waals surface area contributed by atoms with Gasteiger partial charge in [0.2, 0.25) is 0 Å². The average molecular weight is 300 g/mol. The molecule has 0 heterocycles. The van der Waals surface area contributed by atoms with Crippen LogP contribution in [-0.4, -0.2) is 24.8 Å². The van der Waals surface area contributed by atoms with E-state index in [9.17, 15) is 4.79 Å². The fraction of sp³-hybridized carbons (Fsp3) is 0.235. The molecule has 0 aliphatic heterocycles. The summed E-state index contributed by atoms with van der Waals surface area (Å²) in [6.07, 6.45) is 0.733. The summed E-state index contributed by atoms with van der Waals surface area (Å²) in [6.45, 7) is 0.579. The summed E-state index contributed by atoms with van der Waals surface area (Å²) in [5.41, 5.74) is 2.68. The molecule has 116 valence electrons. The summed E-state index contributed by atoms with van der Waals surface area (Å²) in [4.78, 5) is 11.8. The van der Waals surface area contributed by atoms with Gasteiger partial charge < -0.3 is 20.5 Å². The Morgan fingerprint density at radius 3 is 2.55 bits per heavy atom. The van der Waals surface area contributed by atoms with E-state index in [2.05, 4.69) is 10.6 Å². The molecule has 0 saturated carbocycles. The van der Waals surface area contributed by atoms with Gasteiger partial charge in [-0.25, -0.2) is 4.79 Å². The summed E-state index contributed by atoms with van der Waals surface area (Å²) in [7, 11) is 1.58. The molecule has 0 fully saturated rings. The number of carbonyl (C=O) groups excluding carboxylic acids is 1. The Hall–Kier alpha value is -2.53. The van der Waals surface area contributed by atoms with Crippen molar-refractivity contribution in [3.05, 3.63) is 59.7 Å². The largest absolute Gasteiger partial charge is 0.497 e. The first-order valence-electron chi connectivity index (χ1n) is 7.09. The number of carbonyl (C=O) groups is 1. The van der Waals surface area contributed by atoms with Crippen LogP contribution in [0.5, 0.6) is 5.75 Å². The van der Waals surface area contributed by atoms with Crippen molar-refractivity contribution in [2.45, 2.75) is 13.0 Å². The van der Waals surface area contributed by atoms with Gasteiger partial charge in [0.1, 0.15) is 5.75 Å². The van der Waals surface area contributed by atoms with E-state index >= 15 is 0 Å². The quantitative estimate of drug-likeness (QED) is 0.768. The Bertz CT molecular complexity index is 612. The molecule has 0 bridgehead atoms. The molecule has 0 unspecified atom stereocenters. The second-order valence-electron chi connectivity index (χ2n) is 4.84. The smallest absolute Gasteiger partial charge is 0.319 e. The molecule has 22 heavy (non-hydrogen) atoms. The van der Waals surface area contributed by atoms with Gasteiger partial charge in [-0.15, -0.1) is 0 Å². The minimum absolute atomic E-state index is 0.0431. The highest BCUT2D eigenvalue weighted by molar-refractivity contribution is 5.89. The standard InChI is InChI=1S/C17H20N2O3/c1-22-16-4-2-3-15(11-16)19-17(21)18-10-9-13-5-7-14(12-20)8-6-13/h2-8,11,20H,9-10,12H2,1H3,(H2,18,19,21). The van der Waals surface area contributed by atoms with Crippen LogP contribution in [0.3, 0.4) is 0 Å². The summed E-state index contributed by atoms with van der Waals surface area (Å²) in [5.74, 6) is 0.696. The molecular formula is C17H20N2O3. The molecule has 0 spiro atoms. The van der Waals surface area contributed by atoms with Crippen molar-refractivity contribution in [3.8, 4) is 5.75 Å². The van der Waals surface area contributed by atoms with Gasteiger partial charge in [-0.3, -0.25) is 0 Å². The molecular weight excluding hydrogens is 280 g/mol. The topological polar surface area (TPSA) is 70.6 Å². The van der Waals surface area contributed by atoms with Gasteiger partial charge >= 0.3 is 6.03 Å². The van der Waals surface area contributed by atoms with Gasteiger partial charge in [-0.2, -0.15) is 0 Å². The van der Waals surface area contributed by atoms with E-state index in [0.717, 1.165) is 17.5 Å². The van der Waals surface area contributed by atoms with E-state index < -0.39 is 0 Å². The zero-order valence-electron chi connectivity index (χ0n) is 12.5. The minimum Gasteiger partial charge on any atom is -0.497 e. The highest BCUT2D eigenvalue weighted by atomic mass is 16.5. The number of benzene rings is 2. The lowest BCUT2D eigenvalue weighted by Gasteiger charge is -2.09. The van der Waals surface area contributed by atoms with Crippen molar-refractivity contribution in [2.24, 2.45) is 0 Å². The highest BCUT2D eigenvalue weighted by Gasteiger charge is 2.02. The number of urea groups is 1. The molecule has 0 aliphatic rings.